The molecule has 1 saturated heterocycles. The number of hydrogen-bond donors (Lipinski definition) is 0. The molecule has 2 nitrogen and oxygen atoms in total. The first kappa shape index (κ1) is 10.7. The number of ether oxygens (including phenoxy) is 2. The minimum absolute atomic E-state index is 0.237. The summed E-state index contributed by atoms with van der Waals surface area (Å²) < 4.78 is 11.4. The molecule has 3 atom stereocenters. The molecule has 1 rings (SSSR count). The van der Waals surface area contributed by atoms with Crippen LogP contribution in [0.4, 0.5) is 0 Å². The molecular formula is C11H20O2. The summed E-state index contributed by atoms with van der Waals surface area (Å²) in [7, 11) is 0. The third-order valence-corrected chi connectivity index (χ3v) is 2.56. The molecule has 1 aliphatic rings. The van der Waals surface area contributed by atoms with Gasteiger partial charge in [0.2, 0.25) is 0 Å². The van der Waals surface area contributed by atoms with Gasteiger partial charge in [0, 0.05) is 11.8 Å². The van der Waals surface area contributed by atoms with Crippen molar-refractivity contribution in [2.24, 2.45) is 11.8 Å². The fourth-order valence-electron chi connectivity index (χ4n) is 1.66. The number of hydrogen-bond acceptors (Lipinski definition) is 2. The van der Waals surface area contributed by atoms with Crippen LogP contribution < -0.4 is 0 Å². The van der Waals surface area contributed by atoms with E-state index in [2.05, 4.69) is 20.4 Å². The zero-order chi connectivity index (χ0) is 10.1. The van der Waals surface area contributed by atoms with Gasteiger partial charge in [-0.25, -0.2) is 0 Å². The summed E-state index contributed by atoms with van der Waals surface area (Å²) in [6, 6.07) is 0. The SMILES string of the molecule is C=C[C@@H](C)[C@H]1OC(C)(C)OC[C@@H]1C. The van der Waals surface area contributed by atoms with Crippen LogP contribution in [0.25, 0.3) is 0 Å². The van der Waals surface area contributed by atoms with Crippen LogP contribution in [0.5, 0.6) is 0 Å². The first-order chi connectivity index (χ1) is 5.96. The standard InChI is InChI=1S/C11H20O2/c1-6-8(2)10-9(3)7-12-11(4,5)13-10/h6,8-10H,1,7H2,2-5H3/t8-,9+,10-/m1/s1. The smallest absolute Gasteiger partial charge is 0.163 e. The molecule has 0 N–H and O–H groups in total. The highest BCUT2D eigenvalue weighted by molar-refractivity contribution is 4.87. The van der Waals surface area contributed by atoms with E-state index in [1.807, 2.05) is 19.9 Å². The van der Waals surface area contributed by atoms with Gasteiger partial charge >= 0.3 is 0 Å². The van der Waals surface area contributed by atoms with Crippen molar-refractivity contribution in [1.82, 2.24) is 0 Å². The van der Waals surface area contributed by atoms with Crippen LogP contribution in [0.2, 0.25) is 0 Å². The zero-order valence-corrected chi connectivity index (χ0v) is 9.04. The third kappa shape index (κ3) is 2.55. The first-order valence-corrected chi connectivity index (χ1v) is 4.90. The molecule has 0 aromatic heterocycles. The van der Waals surface area contributed by atoms with Crippen molar-refractivity contribution in [2.45, 2.75) is 39.6 Å². The van der Waals surface area contributed by atoms with Gasteiger partial charge in [0.1, 0.15) is 0 Å². The van der Waals surface area contributed by atoms with Crippen molar-refractivity contribution < 1.29 is 9.47 Å². The van der Waals surface area contributed by atoms with Gasteiger partial charge in [-0.05, 0) is 13.8 Å². The van der Waals surface area contributed by atoms with Crippen LogP contribution in [-0.2, 0) is 9.47 Å². The lowest BCUT2D eigenvalue weighted by atomic mass is 9.92. The van der Waals surface area contributed by atoms with Gasteiger partial charge in [-0.1, -0.05) is 19.9 Å². The van der Waals surface area contributed by atoms with E-state index in [4.69, 9.17) is 9.47 Å². The van der Waals surface area contributed by atoms with Crippen molar-refractivity contribution in [3.8, 4) is 0 Å². The van der Waals surface area contributed by atoms with E-state index in [9.17, 15) is 0 Å². The van der Waals surface area contributed by atoms with Crippen LogP contribution in [0, 0.1) is 11.8 Å². The summed E-state index contributed by atoms with van der Waals surface area (Å²) in [5.41, 5.74) is 0. The van der Waals surface area contributed by atoms with Gasteiger partial charge in [-0.15, -0.1) is 6.58 Å². The van der Waals surface area contributed by atoms with Gasteiger partial charge in [0.05, 0.1) is 12.7 Å². The lowest BCUT2D eigenvalue weighted by Crippen LogP contribution is -2.46. The lowest BCUT2D eigenvalue weighted by molar-refractivity contribution is -0.296. The molecule has 13 heavy (non-hydrogen) atoms. The number of rotatable bonds is 2. The van der Waals surface area contributed by atoms with E-state index >= 15 is 0 Å². The van der Waals surface area contributed by atoms with E-state index in [1.165, 1.54) is 0 Å². The Kier molecular flexibility index (Phi) is 3.14. The van der Waals surface area contributed by atoms with E-state index in [0.717, 1.165) is 6.61 Å². The molecule has 0 saturated carbocycles. The van der Waals surface area contributed by atoms with Crippen molar-refractivity contribution in [2.75, 3.05) is 6.61 Å². The Balaban J connectivity index is 2.65. The average Bonchev–Trinajstić information content (AvgIpc) is 2.08. The lowest BCUT2D eigenvalue weighted by Gasteiger charge is -2.41. The molecule has 76 valence electrons. The highest BCUT2D eigenvalue weighted by atomic mass is 16.7. The summed E-state index contributed by atoms with van der Waals surface area (Å²) >= 11 is 0. The highest BCUT2D eigenvalue weighted by Gasteiger charge is 2.36. The fraction of sp³-hybridized carbons (Fsp3) is 0.818. The predicted octanol–water partition coefficient (Wildman–Crippen LogP) is 2.60. The van der Waals surface area contributed by atoms with Crippen molar-refractivity contribution in [3.63, 3.8) is 0 Å². The Labute approximate surface area is 80.9 Å². The molecule has 0 bridgehead atoms. The van der Waals surface area contributed by atoms with Crippen LogP contribution in [0.1, 0.15) is 27.7 Å². The molecule has 0 radical (unpaired) electrons. The van der Waals surface area contributed by atoms with E-state index in [1.54, 1.807) is 0 Å². The third-order valence-electron chi connectivity index (χ3n) is 2.56. The van der Waals surface area contributed by atoms with Gasteiger partial charge in [0.25, 0.3) is 0 Å². The van der Waals surface area contributed by atoms with E-state index in [0.29, 0.717) is 11.8 Å². The summed E-state index contributed by atoms with van der Waals surface area (Å²) in [6.07, 6.45) is 2.18. The van der Waals surface area contributed by atoms with E-state index < -0.39 is 5.79 Å². The molecule has 1 fully saturated rings. The zero-order valence-electron chi connectivity index (χ0n) is 9.04. The van der Waals surface area contributed by atoms with Gasteiger partial charge in [-0.2, -0.15) is 0 Å². The van der Waals surface area contributed by atoms with Crippen LogP contribution >= 0.6 is 0 Å². The Morgan fingerprint density at radius 2 is 2.15 bits per heavy atom. The predicted molar refractivity (Wildman–Crippen MR) is 53.4 cm³/mol. The fourth-order valence-corrected chi connectivity index (χ4v) is 1.66. The van der Waals surface area contributed by atoms with Crippen LogP contribution in [0.3, 0.4) is 0 Å². The molecule has 0 amide bonds. The summed E-state index contributed by atoms with van der Waals surface area (Å²) in [5, 5.41) is 0. The van der Waals surface area contributed by atoms with Crippen LogP contribution in [0.15, 0.2) is 12.7 Å². The quantitative estimate of drug-likeness (QED) is 0.614. The van der Waals surface area contributed by atoms with Gasteiger partial charge in [0.15, 0.2) is 5.79 Å². The molecule has 0 spiro atoms. The summed E-state index contributed by atoms with van der Waals surface area (Å²) in [6.45, 7) is 12.8. The molecule has 0 aromatic carbocycles. The monoisotopic (exact) mass is 184 g/mol. The largest absolute Gasteiger partial charge is 0.350 e. The molecule has 0 unspecified atom stereocenters. The maximum absolute atomic E-state index is 5.85. The first-order valence-electron chi connectivity index (χ1n) is 4.90. The van der Waals surface area contributed by atoms with Crippen molar-refractivity contribution in [1.29, 1.82) is 0 Å². The Hall–Kier alpha value is -0.340. The minimum atomic E-state index is -0.436. The second-order valence-corrected chi connectivity index (χ2v) is 4.37. The normalized spacial score (nSPS) is 35.4. The second kappa shape index (κ2) is 3.81. The molecule has 1 heterocycles. The van der Waals surface area contributed by atoms with Crippen LogP contribution in [-0.4, -0.2) is 18.5 Å². The molecule has 2 heteroatoms. The Morgan fingerprint density at radius 1 is 1.54 bits per heavy atom. The molecule has 0 aliphatic carbocycles. The maximum Gasteiger partial charge on any atom is 0.163 e. The molecular weight excluding hydrogens is 164 g/mol. The summed E-state index contributed by atoms with van der Waals surface area (Å²) in [4.78, 5) is 0. The topological polar surface area (TPSA) is 18.5 Å². The minimum Gasteiger partial charge on any atom is -0.350 e. The van der Waals surface area contributed by atoms with Gasteiger partial charge < -0.3 is 9.47 Å². The van der Waals surface area contributed by atoms with E-state index in [-0.39, 0.29) is 6.10 Å². The highest BCUT2D eigenvalue weighted by Crippen LogP contribution is 2.30. The molecule has 0 aromatic rings. The van der Waals surface area contributed by atoms with Gasteiger partial charge in [-0.3, -0.25) is 0 Å². The Bertz CT molecular complexity index is 187. The maximum atomic E-state index is 5.85. The second-order valence-electron chi connectivity index (χ2n) is 4.37. The summed E-state index contributed by atoms with van der Waals surface area (Å²) in [5.74, 6) is 0.397. The van der Waals surface area contributed by atoms with Crippen molar-refractivity contribution >= 4 is 0 Å². The average molecular weight is 184 g/mol. The van der Waals surface area contributed by atoms with Crippen molar-refractivity contribution in [3.05, 3.63) is 12.7 Å². The Morgan fingerprint density at radius 3 is 2.69 bits per heavy atom. The molecule has 1 aliphatic heterocycles.